The normalized spacial score (nSPS) is 23.0. The molecule has 0 bridgehead atoms. The number of pyridine rings is 1. The number of carboxylic acid groups (broad SMARTS) is 1. The second-order valence-electron chi connectivity index (χ2n) is 10.5. The molecule has 3 fully saturated rings. The van der Waals surface area contributed by atoms with Gasteiger partial charge in [0.25, 0.3) is 0 Å². The molecule has 0 aromatic carbocycles. The van der Waals surface area contributed by atoms with E-state index in [2.05, 4.69) is 42.1 Å². The number of hydrogen-bond donors (Lipinski definition) is 3. The van der Waals surface area contributed by atoms with Crippen molar-refractivity contribution in [2.24, 2.45) is 0 Å². The lowest BCUT2D eigenvalue weighted by Crippen LogP contribution is -2.68. The van der Waals surface area contributed by atoms with Crippen LogP contribution in [0.1, 0.15) is 19.2 Å². The molecule has 3 atom stereocenters. The summed E-state index contributed by atoms with van der Waals surface area (Å²) >= 11 is 0. The Morgan fingerprint density at radius 1 is 1.24 bits per heavy atom. The van der Waals surface area contributed by atoms with Crippen LogP contribution < -0.4 is 19.9 Å². The average molecular weight is 581 g/mol. The fraction of sp³-hybridized carbons (Fsp3) is 0.481. The summed E-state index contributed by atoms with van der Waals surface area (Å²) in [5.41, 5.74) is 1.31. The van der Waals surface area contributed by atoms with Gasteiger partial charge in [-0.25, -0.2) is 19.6 Å². The molecule has 0 unspecified atom stereocenters. The van der Waals surface area contributed by atoms with Crippen molar-refractivity contribution < 1.29 is 33.6 Å². The molecule has 15 heteroatoms. The second kappa shape index (κ2) is 11.1. The standard InChI is InChI=1S/C27H32N8O7/c1-15-27(13-40-14-27)41-8-7-34(15)20-9-17(32-26(38)39-3)11-29-23(20)42-18-10-21(24(36)37)35(12-18)25-31-16(2)30-22(33-25)19-5-4-6-28-19/h4-6,9,11,15,18,21,28H,7-8,10,12-14H2,1-3H3,(H,32,38)(H,36,37)/t15-,18-,21-/m0/s1. The van der Waals surface area contributed by atoms with Crippen molar-refractivity contribution in [1.82, 2.24) is 24.9 Å². The average Bonchev–Trinajstić information content (AvgIpc) is 3.64. The number of aliphatic carboxylic acids is 1. The van der Waals surface area contributed by atoms with Crippen LogP contribution in [0.15, 0.2) is 30.6 Å². The molecule has 15 nitrogen and oxygen atoms in total. The van der Waals surface area contributed by atoms with E-state index in [1.54, 1.807) is 24.1 Å². The first kappa shape index (κ1) is 27.7. The zero-order valence-electron chi connectivity index (χ0n) is 23.4. The Labute approximate surface area is 241 Å². The molecule has 0 saturated carbocycles. The highest BCUT2D eigenvalue weighted by atomic mass is 16.6. The molecular formula is C27H32N8O7. The first-order chi connectivity index (χ1) is 20.3. The highest BCUT2D eigenvalue weighted by molar-refractivity contribution is 5.85. The summed E-state index contributed by atoms with van der Waals surface area (Å²) in [5, 5.41) is 12.8. The first-order valence-electron chi connectivity index (χ1n) is 13.6. The van der Waals surface area contributed by atoms with Gasteiger partial charge in [-0.3, -0.25) is 5.32 Å². The minimum absolute atomic E-state index is 0.0797. The topological polar surface area (TPSA) is 177 Å². The van der Waals surface area contributed by atoms with Crippen LogP contribution in [0.25, 0.3) is 11.5 Å². The minimum atomic E-state index is -1.01. The van der Waals surface area contributed by atoms with E-state index in [0.29, 0.717) is 61.0 Å². The number of aromatic nitrogens is 5. The molecule has 1 spiro atoms. The Morgan fingerprint density at radius 3 is 2.76 bits per heavy atom. The molecule has 3 aliphatic rings. The van der Waals surface area contributed by atoms with Gasteiger partial charge in [0.15, 0.2) is 5.82 Å². The molecule has 3 aliphatic heterocycles. The summed E-state index contributed by atoms with van der Waals surface area (Å²) in [5.74, 6) is 0.435. The van der Waals surface area contributed by atoms with Gasteiger partial charge in [0.1, 0.15) is 29.3 Å². The van der Waals surface area contributed by atoms with E-state index in [0.717, 1.165) is 0 Å². The van der Waals surface area contributed by atoms with Crippen LogP contribution in [-0.2, 0) is 19.0 Å². The number of aromatic amines is 1. The SMILES string of the molecule is COC(=O)Nc1cnc(O[C@H]2C[C@@H](C(=O)O)N(c3nc(C)nc(-c4ccc[nH]4)n3)C2)c(N2CCOC3(COC3)[C@@H]2C)c1. The summed E-state index contributed by atoms with van der Waals surface area (Å²) in [6.07, 6.45) is 2.25. The maximum Gasteiger partial charge on any atom is 0.411 e. The molecular weight excluding hydrogens is 548 g/mol. The van der Waals surface area contributed by atoms with Crippen LogP contribution in [0.5, 0.6) is 5.88 Å². The van der Waals surface area contributed by atoms with Crippen molar-refractivity contribution in [2.45, 2.75) is 44.1 Å². The van der Waals surface area contributed by atoms with Gasteiger partial charge in [-0.15, -0.1) is 0 Å². The lowest BCUT2D eigenvalue weighted by Gasteiger charge is -2.53. The maximum atomic E-state index is 12.3. The van der Waals surface area contributed by atoms with Crippen molar-refractivity contribution >= 4 is 29.4 Å². The number of rotatable bonds is 7. The number of ether oxygens (including phenoxy) is 4. The van der Waals surface area contributed by atoms with Gasteiger partial charge >= 0.3 is 12.1 Å². The lowest BCUT2D eigenvalue weighted by atomic mass is 9.90. The fourth-order valence-electron chi connectivity index (χ4n) is 5.56. The van der Waals surface area contributed by atoms with Crippen molar-refractivity contribution in [1.29, 1.82) is 0 Å². The number of aryl methyl sites for hydroxylation is 1. The largest absolute Gasteiger partial charge is 0.480 e. The van der Waals surface area contributed by atoms with Crippen LogP contribution >= 0.6 is 0 Å². The quantitative estimate of drug-likeness (QED) is 0.369. The third-order valence-electron chi connectivity index (χ3n) is 7.87. The monoisotopic (exact) mass is 580 g/mol. The Bertz CT molecular complexity index is 1460. The number of carboxylic acids is 1. The number of anilines is 3. The van der Waals surface area contributed by atoms with E-state index < -0.39 is 29.8 Å². The van der Waals surface area contributed by atoms with Crippen LogP contribution in [0, 0.1) is 6.92 Å². The number of carbonyl (C=O) groups is 2. The number of amides is 1. The molecule has 222 valence electrons. The van der Waals surface area contributed by atoms with Gasteiger partial charge in [0, 0.05) is 19.2 Å². The zero-order valence-corrected chi connectivity index (χ0v) is 23.4. The third kappa shape index (κ3) is 5.16. The molecule has 6 rings (SSSR count). The zero-order chi connectivity index (χ0) is 29.4. The summed E-state index contributed by atoms with van der Waals surface area (Å²) in [6, 6.07) is 4.44. The number of morpholine rings is 1. The molecule has 3 saturated heterocycles. The van der Waals surface area contributed by atoms with Gasteiger partial charge < -0.3 is 38.8 Å². The van der Waals surface area contributed by atoms with Gasteiger partial charge in [0.05, 0.1) is 57.1 Å². The van der Waals surface area contributed by atoms with Gasteiger partial charge in [-0.1, -0.05) is 0 Å². The fourth-order valence-corrected chi connectivity index (χ4v) is 5.56. The van der Waals surface area contributed by atoms with E-state index >= 15 is 0 Å². The Balaban J connectivity index is 1.30. The Kier molecular flexibility index (Phi) is 7.28. The molecule has 42 heavy (non-hydrogen) atoms. The van der Waals surface area contributed by atoms with E-state index in [9.17, 15) is 14.7 Å². The van der Waals surface area contributed by atoms with Crippen LogP contribution in [0.2, 0.25) is 0 Å². The summed E-state index contributed by atoms with van der Waals surface area (Å²) < 4.78 is 22.7. The van der Waals surface area contributed by atoms with E-state index in [1.165, 1.54) is 13.3 Å². The predicted octanol–water partition coefficient (Wildman–Crippen LogP) is 1.85. The van der Waals surface area contributed by atoms with Gasteiger partial charge in [-0.2, -0.15) is 9.97 Å². The predicted molar refractivity (Wildman–Crippen MR) is 149 cm³/mol. The van der Waals surface area contributed by atoms with Crippen molar-refractivity contribution in [3.8, 4) is 17.4 Å². The van der Waals surface area contributed by atoms with Gasteiger partial charge in [0.2, 0.25) is 11.8 Å². The minimum Gasteiger partial charge on any atom is -0.480 e. The molecule has 3 aromatic rings. The number of methoxy groups -OCH3 is 1. The second-order valence-corrected chi connectivity index (χ2v) is 10.5. The highest BCUT2D eigenvalue weighted by Gasteiger charge is 2.50. The Morgan fingerprint density at radius 2 is 2.07 bits per heavy atom. The smallest absolute Gasteiger partial charge is 0.411 e. The van der Waals surface area contributed by atoms with Crippen LogP contribution in [-0.4, -0.2) is 106 Å². The first-order valence-corrected chi connectivity index (χ1v) is 13.6. The number of carbonyl (C=O) groups excluding carboxylic acids is 1. The molecule has 1 amide bonds. The van der Waals surface area contributed by atoms with Crippen LogP contribution in [0.4, 0.5) is 22.1 Å². The number of nitrogens with one attached hydrogen (secondary N) is 2. The third-order valence-corrected chi connectivity index (χ3v) is 7.87. The van der Waals surface area contributed by atoms with Crippen molar-refractivity contribution in [2.75, 3.05) is 55.1 Å². The highest BCUT2D eigenvalue weighted by Crippen LogP contribution is 2.40. The summed E-state index contributed by atoms with van der Waals surface area (Å²) in [6.45, 7) is 5.98. The van der Waals surface area contributed by atoms with E-state index in [-0.39, 0.29) is 25.0 Å². The maximum absolute atomic E-state index is 12.3. The summed E-state index contributed by atoms with van der Waals surface area (Å²) in [4.78, 5) is 49.1. The van der Waals surface area contributed by atoms with E-state index in [1.807, 2.05) is 12.1 Å². The van der Waals surface area contributed by atoms with Gasteiger partial charge in [-0.05, 0) is 32.0 Å². The molecule has 6 heterocycles. The summed E-state index contributed by atoms with van der Waals surface area (Å²) in [7, 11) is 1.28. The molecule has 3 N–H and O–H groups in total. The van der Waals surface area contributed by atoms with Crippen molar-refractivity contribution in [3.05, 3.63) is 36.4 Å². The van der Waals surface area contributed by atoms with Crippen molar-refractivity contribution in [3.63, 3.8) is 0 Å². The molecule has 0 radical (unpaired) electrons. The Hall–Kier alpha value is -4.50. The van der Waals surface area contributed by atoms with E-state index in [4.69, 9.17) is 18.9 Å². The molecule has 3 aromatic heterocycles. The lowest BCUT2D eigenvalue weighted by molar-refractivity contribution is -0.228. The number of nitrogens with zero attached hydrogens (tertiary/aromatic N) is 6. The number of H-pyrrole nitrogens is 1. The van der Waals surface area contributed by atoms with Crippen LogP contribution in [0.3, 0.4) is 0 Å². The molecule has 0 aliphatic carbocycles. The number of hydrogen-bond acceptors (Lipinski definition) is 12.